The second kappa shape index (κ2) is 5.19. The molecular formula is C16H22N2O4. The van der Waals surface area contributed by atoms with Crippen LogP contribution in [0.4, 0.5) is 11.4 Å². The maximum Gasteiger partial charge on any atom is 0.329 e. The van der Waals surface area contributed by atoms with Crippen LogP contribution in [0, 0.1) is 0 Å². The SMILES string of the molecule is CCC1(CC)Oc2cc(N)ccc2N(C(C)(C)C(=O)O)C1=O. The summed E-state index contributed by atoms with van der Waals surface area (Å²) < 4.78 is 5.95. The maximum atomic E-state index is 13.0. The zero-order valence-electron chi connectivity index (χ0n) is 13.3. The highest BCUT2D eigenvalue weighted by molar-refractivity contribution is 6.08. The van der Waals surface area contributed by atoms with E-state index in [1.807, 2.05) is 13.8 Å². The third kappa shape index (κ3) is 2.19. The Labute approximate surface area is 129 Å². The molecule has 0 radical (unpaired) electrons. The number of anilines is 2. The van der Waals surface area contributed by atoms with Crippen molar-refractivity contribution in [3.05, 3.63) is 18.2 Å². The molecular weight excluding hydrogens is 284 g/mol. The van der Waals surface area contributed by atoms with Gasteiger partial charge < -0.3 is 15.6 Å². The molecule has 1 heterocycles. The molecule has 3 N–H and O–H groups in total. The number of benzene rings is 1. The Morgan fingerprint density at radius 2 is 1.95 bits per heavy atom. The monoisotopic (exact) mass is 306 g/mol. The van der Waals surface area contributed by atoms with Gasteiger partial charge in [-0.15, -0.1) is 0 Å². The Bertz CT molecular complexity index is 621. The third-order valence-electron chi connectivity index (χ3n) is 4.35. The molecule has 22 heavy (non-hydrogen) atoms. The average molecular weight is 306 g/mol. The first-order chi connectivity index (χ1) is 10.2. The van der Waals surface area contributed by atoms with Crippen molar-refractivity contribution < 1.29 is 19.4 Å². The third-order valence-corrected chi connectivity index (χ3v) is 4.35. The molecule has 1 amide bonds. The predicted molar refractivity (Wildman–Crippen MR) is 84.0 cm³/mol. The highest BCUT2D eigenvalue weighted by atomic mass is 16.5. The molecule has 0 bridgehead atoms. The Morgan fingerprint density at radius 1 is 1.36 bits per heavy atom. The number of nitrogens with zero attached hydrogens (tertiary/aromatic N) is 1. The number of aliphatic carboxylic acids is 1. The van der Waals surface area contributed by atoms with Gasteiger partial charge in [-0.05, 0) is 38.8 Å². The minimum absolute atomic E-state index is 0.331. The van der Waals surface area contributed by atoms with Crippen LogP contribution in [0.15, 0.2) is 18.2 Å². The maximum absolute atomic E-state index is 13.0. The quantitative estimate of drug-likeness (QED) is 0.833. The van der Waals surface area contributed by atoms with Crippen LogP contribution in [0.5, 0.6) is 5.75 Å². The Hall–Kier alpha value is -2.24. The summed E-state index contributed by atoms with van der Waals surface area (Å²) in [6.45, 7) is 6.72. The van der Waals surface area contributed by atoms with Crippen molar-refractivity contribution in [1.29, 1.82) is 0 Å². The number of carbonyl (C=O) groups excluding carboxylic acids is 1. The zero-order chi connectivity index (χ0) is 16.7. The van der Waals surface area contributed by atoms with E-state index in [4.69, 9.17) is 10.5 Å². The number of rotatable bonds is 4. The summed E-state index contributed by atoms with van der Waals surface area (Å²) in [5, 5.41) is 9.55. The van der Waals surface area contributed by atoms with Crippen molar-refractivity contribution in [2.75, 3.05) is 10.6 Å². The highest BCUT2D eigenvalue weighted by Crippen LogP contribution is 2.44. The lowest BCUT2D eigenvalue weighted by atomic mass is 9.89. The molecule has 0 atom stereocenters. The molecule has 0 aromatic heterocycles. The number of ether oxygens (including phenoxy) is 1. The molecule has 1 aliphatic heterocycles. The first-order valence-electron chi connectivity index (χ1n) is 7.36. The van der Waals surface area contributed by atoms with E-state index >= 15 is 0 Å². The topological polar surface area (TPSA) is 92.9 Å². The Morgan fingerprint density at radius 3 is 2.45 bits per heavy atom. The fourth-order valence-corrected chi connectivity index (χ4v) is 2.71. The van der Waals surface area contributed by atoms with Crippen molar-refractivity contribution in [2.45, 2.75) is 51.7 Å². The number of hydrogen-bond donors (Lipinski definition) is 2. The van der Waals surface area contributed by atoms with Gasteiger partial charge in [-0.2, -0.15) is 0 Å². The largest absolute Gasteiger partial charge is 0.480 e. The number of nitrogen functional groups attached to an aromatic ring is 1. The molecule has 0 fully saturated rings. The molecule has 0 aliphatic carbocycles. The predicted octanol–water partition coefficient (Wildman–Crippen LogP) is 2.42. The van der Waals surface area contributed by atoms with Crippen LogP contribution >= 0.6 is 0 Å². The molecule has 0 spiro atoms. The molecule has 6 nitrogen and oxygen atoms in total. The lowest BCUT2D eigenvalue weighted by Crippen LogP contribution is -2.64. The van der Waals surface area contributed by atoms with Crippen LogP contribution in [0.1, 0.15) is 40.5 Å². The molecule has 1 aromatic rings. The Balaban J connectivity index is 2.70. The van der Waals surface area contributed by atoms with Gasteiger partial charge in [-0.1, -0.05) is 13.8 Å². The van der Waals surface area contributed by atoms with Crippen LogP contribution in [0.2, 0.25) is 0 Å². The van der Waals surface area contributed by atoms with Gasteiger partial charge in [0.25, 0.3) is 5.91 Å². The van der Waals surface area contributed by atoms with Gasteiger partial charge >= 0.3 is 5.97 Å². The first-order valence-corrected chi connectivity index (χ1v) is 7.36. The standard InChI is InChI=1S/C16H22N2O4/c1-5-16(6-2)13(19)18(15(3,4)14(20)21)11-8-7-10(17)9-12(11)22-16/h7-9H,5-6,17H2,1-4H3,(H,20,21). The van der Waals surface area contributed by atoms with Gasteiger partial charge in [0, 0.05) is 11.8 Å². The van der Waals surface area contributed by atoms with E-state index in [-0.39, 0.29) is 5.91 Å². The molecule has 2 rings (SSSR count). The van der Waals surface area contributed by atoms with Gasteiger partial charge in [0.15, 0.2) is 5.60 Å². The smallest absolute Gasteiger partial charge is 0.329 e. The number of carbonyl (C=O) groups is 2. The zero-order valence-corrected chi connectivity index (χ0v) is 13.3. The first kappa shape index (κ1) is 16.1. The van der Waals surface area contributed by atoms with Crippen LogP contribution in [0.25, 0.3) is 0 Å². The second-order valence-corrected chi connectivity index (χ2v) is 6.04. The van der Waals surface area contributed by atoms with Gasteiger partial charge in [0.1, 0.15) is 11.3 Å². The van der Waals surface area contributed by atoms with Crippen LogP contribution in [0.3, 0.4) is 0 Å². The van der Waals surface area contributed by atoms with E-state index in [0.717, 1.165) is 0 Å². The molecule has 0 saturated heterocycles. The molecule has 1 aromatic carbocycles. The van der Waals surface area contributed by atoms with Crippen LogP contribution in [-0.2, 0) is 9.59 Å². The van der Waals surface area contributed by atoms with Crippen molar-refractivity contribution in [3.8, 4) is 5.75 Å². The molecule has 120 valence electrons. The van der Waals surface area contributed by atoms with E-state index in [1.54, 1.807) is 18.2 Å². The van der Waals surface area contributed by atoms with Crippen molar-refractivity contribution >= 4 is 23.3 Å². The summed E-state index contributed by atoms with van der Waals surface area (Å²) in [6.07, 6.45) is 0.894. The Kier molecular flexibility index (Phi) is 3.81. The van der Waals surface area contributed by atoms with Crippen LogP contribution < -0.4 is 15.4 Å². The van der Waals surface area contributed by atoms with Crippen molar-refractivity contribution in [1.82, 2.24) is 0 Å². The van der Waals surface area contributed by atoms with E-state index in [1.165, 1.54) is 18.7 Å². The number of carboxylic acids is 1. The minimum atomic E-state index is -1.39. The van der Waals surface area contributed by atoms with Gasteiger partial charge in [0.2, 0.25) is 0 Å². The highest BCUT2D eigenvalue weighted by Gasteiger charge is 2.52. The van der Waals surface area contributed by atoms with Crippen LogP contribution in [-0.4, -0.2) is 28.1 Å². The summed E-state index contributed by atoms with van der Waals surface area (Å²) in [5.74, 6) is -0.966. The molecule has 0 unspecified atom stereocenters. The minimum Gasteiger partial charge on any atom is -0.480 e. The fourth-order valence-electron chi connectivity index (χ4n) is 2.71. The molecule has 6 heteroatoms. The average Bonchev–Trinajstić information content (AvgIpc) is 2.46. The summed E-state index contributed by atoms with van der Waals surface area (Å²) in [5.41, 5.74) is 4.29. The number of carboxylic acid groups (broad SMARTS) is 1. The lowest BCUT2D eigenvalue weighted by molar-refractivity contribution is -0.148. The molecule has 0 saturated carbocycles. The van der Waals surface area contributed by atoms with E-state index in [9.17, 15) is 14.7 Å². The van der Waals surface area contributed by atoms with E-state index in [2.05, 4.69) is 0 Å². The number of amides is 1. The van der Waals surface area contributed by atoms with Crippen molar-refractivity contribution in [3.63, 3.8) is 0 Å². The number of nitrogens with two attached hydrogens (primary N) is 1. The van der Waals surface area contributed by atoms with Crippen molar-refractivity contribution in [2.24, 2.45) is 0 Å². The normalized spacial score (nSPS) is 16.9. The molecule has 1 aliphatic rings. The van der Waals surface area contributed by atoms with Gasteiger partial charge in [0.05, 0.1) is 5.69 Å². The summed E-state index contributed by atoms with van der Waals surface area (Å²) in [4.78, 5) is 26.0. The van der Waals surface area contributed by atoms with Gasteiger partial charge in [-0.3, -0.25) is 9.69 Å². The number of hydrogen-bond acceptors (Lipinski definition) is 4. The fraction of sp³-hybridized carbons (Fsp3) is 0.500. The summed E-state index contributed by atoms with van der Waals surface area (Å²) in [6, 6.07) is 4.89. The lowest BCUT2D eigenvalue weighted by Gasteiger charge is -2.46. The second-order valence-electron chi connectivity index (χ2n) is 6.04. The van der Waals surface area contributed by atoms with Gasteiger partial charge in [-0.25, -0.2) is 4.79 Å². The summed E-state index contributed by atoms with van der Waals surface area (Å²) in [7, 11) is 0. The summed E-state index contributed by atoms with van der Waals surface area (Å²) >= 11 is 0. The number of fused-ring (bicyclic) bond motifs is 1. The van der Waals surface area contributed by atoms with E-state index in [0.29, 0.717) is 30.0 Å². The van der Waals surface area contributed by atoms with E-state index < -0.39 is 17.1 Å².